The van der Waals surface area contributed by atoms with E-state index in [4.69, 9.17) is 0 Å². The zero-order valence-corrected chi connectivity index (χ0v) is 38.5. The quantitative estimate of drug-likeness (QED) is 0.0417. The molecule has 6 heteroatoms. The number of Topliss-reactive ketones (excluding diaryl/α,β-unsaturated/α-hetero) is 3. The van der Waals surface area contributed by atoms with Crippen molar-refractivity contribution in [1.29, 1.82) is 0 Å². The number of unbranched alkanes of at least 4 members (excludes halogenated alkanes) is 36. The van der Waals surface area contributed by atoms with Gasteiger partial charge in [0.25, 0.3) is 0 Å². The van der Waals surface area contributed by atoms with E-state index in [1.807, 2.05) is 0 Å². The molecule has 6 nitrogen and oxygen atoms in total. The van der Waals surface area contributed by atoms with Gasteiger partial charge in [0.1, 0.15) is 0 Å². The van der Waals surface area contributed by atoms with E-state index in [1.165, 1.54) is 173 Å². The number of hydrogen-bond donors (Lipinski definition) is 3. The third-order valence-electron chi connectivity index (χ3n) is 12.6. The number of carbonyl (C=O) groups excluding carboxylic acids is 3. The first-order valence-electron chi connectivity index (χ1n) is 25.4. The lowest BCUT2D eigenvalue weighted by atomic mass is 9.71. The van der Waals surface area contributed by atoms with Gasteiger partial charge in [0.05, 0.1) is 6.61 Å². The van der Waals surface area contributed by atoms with Crippen LogP contribution in [0, 0.1) is 0 Å². The summed E-state index contributed by atoms with van der Waals surface area (Å²) in [6.07, 6.45) is 44.5. The van der Waals surface area contributed by atoms with E-state index in [-0.39, 0.29) is 19.3 Å². The molecule has 0 rings (SSSR count). The molecule has 1 atom stereocenters. The van der Waals surface area contributed by atoms with Gasteiger partial charge < -0.3 is 15.3 Å². The van der Waals surface area contributed by atoms with Crippen LogP contribution >= 0.6 is 0 Å². The number of ketones is 3. The van der Waals surface area contributed by atoms with Crippen LogP contribution in [0.15, 0.2) is 0 Å². The Kier molecular flexibility index (Phi) is 39.5. The minimum absolute atomic E-state index is 0.0742. The van der Waals surface area contributed by atoms with E-state index in [1.54, 1.807) is 0 Å². The molecule has 0 aliphatic heterocycles. The second kappa shape index (κ2) is 40.3. The van der Waals surface area contributed by atoms with Crippen LogP contribution in [0.5, 0.6) is 0 Å². The van der Waals surface area contributed by atoms with Crippen molar-refractivity contribution < 1.29 is 29.7 Å². The van der Waals surface area contributed by atoms with Gasteiger partial charge in [0, 0.05) is 19.3 Å². The van der Waals surface area contributed by atoms with Crippen LogP contribution in [0.25, 0.3) is 0 Å². The second-order valence-electron chi connectivity index (χ2n) is 18.0. The highest BCUT2D eigenvalue weighted by atomic mass is 16.4. The molecule has 0 fully saturated rings. The SMILES string of the molecule is CCCCCCCCCCCCCCCC(=O)C(O)(CO)C(O)(C(=O)CCCCCCCCCCCCCCC)C(=O)CCCCCCCCCCCCCCC. The lowest BCUT2D eigenvalue weighted by Crippen LogP contribution is -2.69. The number of aliphatic hydroxyl groups is 3. The summed E-state index contributed by atoms with van der Waals surface area (Å²) in [4.78, 5) is 41.0. The Labute approximate surface area is 354 Å². The van der Waals surface area contributed by atoms with Crippen molar-refractivity contribution in [2.75, 3.05) is 6.61 Å². The topological polar surface area (TPSA) is 112 Å². The molecule has 0 aromatic heterocycles. The summed E-state index contributed by atoms with van der Waals surface area (Å²) >= 11 is 0. The molecule has 1 unspecified atom stereocenters. The molecule has 0 bridgehead atoms. The second-order valence-corrected chi connectivity index (χ2v) is 18.0. The molecule has 0 saturated heterocycles. The van der Waals surface area contributed by atoms with Gasteiger partial charge in [0.15, 0.2) is 23.0 Å². The van der Waals surface area contributed by atoms with Gasteiger partial charge in [-0.3, -0.25) is 14.4 Å². The van der Waals surface area contributed by atoms with E-state index < -0.39 is 35.2 Å². The lowest BCUT2D eigenvalue weighted by molar-refractivity contribution is -0.194. The van der Waals surface area contributed by atoms with Gasteiger partial charge in [-0.25, -0.2) is 0 Å². The van der Waals surface area contributed by atoms with Crippen molar-refractivity contribution in [2.24, 2.45) is 0 Å². The van der Waals surface area contributed by atoms with Crippen LogP contribution in [-0.4, -0.2) is 50.5 Å². The molecule has 3 N–H and O–H groups in total. The van der Waals surface area contributed by atoms with E-state index in [0.29, 0.717) is 19.3 Å². The van der Waals surface area contributed by atoms with Gasteiger partial charge in [-0.1, -0.05) is 252 Å². The van der Waals surface area contributed by atoms with Gasteiger partial charge in [-0.05, 0) is 19.3 Å². The van der Waals surface area contributed by atoms with Crippen molar-refractivity contribution in [3.05, 3.63) is 0 Å². The largest absolute Gasteiger partial charge is 0.393 e. The normalized spacial score (nSPS) is 12.9. The fourth-order valence-corrected chi connectivity index (χ4v) is 8.50. The molecule has 0 radical (unpaired) electrons. The molecule has 0 spiro atoms. The van der Waals surface area contributed by atoms with E-state index in [2.05, 4.69) is 20.8 Å². The molecule has 0 aromatic carbocycles. The third kappa shape index (κ3) is 28.1. The predicted molar refractivity (Wildman–Crippen MR) is 243 cm³/mol. The molecule has 338 valence electrons. The van der Waals surface area contributed by atoms with Gasteiger partial charge in [0.2, 0.25) is 5.60 Å². The highest BCUT2D eigenvalue weighted by Crippen LogP contribution is 2.32. The van der Waals surface area contributed by atoms with Crippen LogP contribution < -0.4 is 0 Å². The molecule has 57 heavy (non-hydrogen) atoms. The number of aliphatic hydroxyl groups excluding tert-OH is 1. The molecule has 0 saturated carbocycles. The molecule has 0 heterocycles. The Morgan fingerprint density at radius 1 is 0.298 bits per heavy atom. The molecular formula is C51H98O6. The number of carbonyl (C=O) groups is 3. The first-order valence-corrected chi connectivity index (χ1v) is 25.4. The van der Waals surface area contributed by atoms with Crippen LogP contribution in [-0.2, 0) is 14.4 Å². The standard InChI is InChI=1S/C51H98O6/c1-4-7-10-13-16-19-22-25-28-31-34-37-40-43-47(53)50(56,46-52)51(57,48(54)44-41-38-35-32-29-26-23-20-17-14-11-8-5-2)49(55)45-42-39-36-33-30-27-24-21-18-15-12-9-6-3/h52,56-57H,4-46H2,1-3H3. The maximum Gasteiger partial charge on any atom is 0.219 e. The summed E-state index contributed by atoms with van der Waals surface area (Å²) in [6, 6.07) is 0. The summed E-state index contributed by atoms with van der Waals surface area (Å²) in [6.45, 7) is 5.59. The van der Waals surface area contributed by atoms with E-state index in [9.17, 15) is 29.7 Å². The summed E-state index contributed by atoms with van der Waals surface area (Å²) in [5.74, 6) is -2.44. The zero-order valence-electron chi connectivity index (χ0n) is 38.5. The molecule has 0 aromatic rings. The summed E-state index contributed by atoms with van der Waals surface area (Å²) in [7, 11) is 0. The van der Waals surface area contributed by atoms with Crippen molar-refractivity contribution in [3.8, 4) is 0 Å². The summed E-state index contributed by atoms with van der Waals surface area (Å²) in [5, 5.41) is 34.0. The number of hydrogen-bond acceptors (Lipinski definition) is 6. The highest BCUT2D eigenvalue weighted by Gasteiger charge is 2.62. The Balaban J connectivity index is 4.94. The fourth-order valence-electron chi connectivity index (χ4n) is 8.50. The molecule has 0 aliphatic rings. The van der Waals surface area contributed by atoms with Gasteiger partial charge >= 0.3 is 0 Å². The van der Waals surface area contributed by atoms with Gasteiger partial charge in [-0.15, -0.1) is 0 Å². The van der Waals surface area contributed by atoms with Crippen molar-refractivity contribution >= 4 is 17.3 Å². The van der Waals surface area contributed by atoms with Crippen molar-refractivity contribution in [2.45, 2.75) is 302 Å². The van der Waals surface area contributed by atoms with Crippen LogP contribution in [0.4, 0.5) is 0 Å². The van der Waals surface area contributed by atoms with Crippen LogP contribution in [0.1, 0.15) is 290 Å². The Hall–Kier alpha value is -1.11. The van der Waals surface area contributed by atoms with E-state index >= 15 is 0 Å². The maximum absolute atomic E-state index is 13.7. The first kappa shape index (κ1) is 55.9. The maximum atomic E-state index is 13.7. The molecule has 0 amide bonds. The Morgan fingerprint density at radius 2 is 0.474 bits per heavy atom. The minimum Gasteiger partial charge on any atom is -0.393 e. The third-order valence-corrected chi connectivity index (χ3v) is 12.6. The monoisotopic (exact) mass is 807 g/mol. The fraction of sp³-hybridized carbons (Fsp3) is 0.941. The smallest absolute Gasteiger partial charge is 0.219 e. The van der Waals surface area contributed by atoms with Crippen molar-refractivity contribution in [3.63, 3.8) is 0 Å². The average molecular weight is 807 g/mol. The molecular weight excluding hydrogens is 709 g/mol. The summed E-state index contributed by atoms with van der Waals surface area (Å²) in [5.41, 5.74) is -5.73. The molecule has 0 aliphatic carbocycles. The van der Waals surface area contributed by atoms with E-state index in [0.717, 1.165) is 57.8 Å². The van der Waals surface area contributed by atoms with Crippen LogP contribution in [0.3, 0.4) is 0 Å². The predicted octanol–water partition coefficient (Wildman–Crippen LogP) is 14.6. The van der Waals surface area contributed by atoms with Crippen molar-refractivity contribution in [1.82, 2.24) is 0 Å². The Morgan fingerprint density at radius 3 is 0.667 bits per heavy atom. The number of rotatable bonds is 47. The summed E-state index contributed by atoms with van der Waals surface area (Å²) < 4.78 is 0. The average Bonchev–Trinajstić information content (AvgIpc) is 3.21. The minimum atomic E-state index is -2.91. The highest BCUT2D eigenvalue weighted by molar-refractivity contribution is 6.16. The lowest BCUT2D eigenvalue weighted by Gasteiger charge is -2.39. The first-order chi connectivity index (χ1) is 27.8. The Bertz CT molecular complexity index is 875. The van der Waals surface area contributed by atoms with Gasteiger partial charge in [-0.2, -0.15) is 0 Å². The van der Waals surface area contributed by atoms with Crippen LogP contribution in [0.2, 0.25) is 0 Å². The zero-order chi connectivity index (χ0) is 42.1.